The lowest BCUT2D eigenvalue weighted by Crippen LogP contribution is -2.24. The van der Waals surface area contributed by atoms with Crippen molar-refractivity contribution in [3.63, 3.8) is 0 Å². The number of nitro groups is 1. The number of nitro benzene ring substituents is 1. The van der Waals surface area contributed by atoms with Crippen LogP contribution in [0.15, 0.2) is 18.2 Å². The van der Waals surface area contributed by atoms with Gasteiger partial charge in [0, 0.05) is 13.1 Å². The Labute approximate surface area is 107 Å². The number of nitrogens with zero attached hydrogens (tertiary/aromatic N) is 2. The Morgan fingerprint density at radius 3 is 2.78 bits per heavy atom. The molecule has 0 saturated heterocycles. The molecule has 0 aromatic heterocycles. The van der Waals surface area contributed by atoms with Gasteiger partial charge in [0.05, 0.1) is 12.0 Å². The maximum atomic E-state index is 11.0. The SMILES string of the molecule is CCN(C)CCNc1cccc(OC)c1[N+](=O)[O-]. The second kappa shape index (κ2) is 6.80. The summed E-state index contributed by atoms with van der Waals surface area (Å²) in [6.45, 7) is 4.49. The molecule has 0 radical (unpaired) electrons. The highest BCUT2D eigenvalue weighted by atomic mass is 16.6. The molecule has 1 aromatic rings. The average molecular weight is 253 g/mol. The Morgan fingerprint density at radius 2 is 2.22 bits per heavy atom. The van der Waals surface area contributed by atoms with Gasteiger partial charge >= 0.3 is 5.69 Å². The molecule has 0 atom stereocenters. The van der Waals surface area contributed by atoms with Gasteiger partial charge in [-0.15, -0.1) is 0 Å². The Hall–Kier alpha value is -1.82. The molecule has 6 heteroatoms. The molecular formula is C12H19N3O3. The summed E-state index contributed by atoms with van der Waals surface area (Å²) in [5, 5.41) is 14.1. The molecule has 1 aromatic carbocycles. The Bertz CT molecular complexity index is 410. The van der Waals surface area contributed by atoms with Gasteiger partial charge in [-0.1, -0.05) is 13.0 Å². The molecule has 0 amide bonds. The molecule has 1 rings (SSSR count). The van der Waals surface area contributed by atoms with E-state index in [1.165, 1.54) is 7.11 Å². The van der Waals surface area contributed by atoms with Gasteiger partial charge in [-0.2, -0.15) is 0 Å². The number of likely N-dealkylation sites (N-methyl/N-ethyl adjacent to an activating group) is 1. The van der Waals surface area contributed by atoms with Crippen LogP contribution in [0.3, 0.4) is 0 Å². The van der Waals surface area contributed by atoms with E-state index in [4.69, 9.17) is 4.74 Å². The Kier molecular flexibility index (Phi) is 5.38. The number of hydrogen-bond donors (Lipinski definition) is 1. The maximum Gasteiger partial charge on any atom is 0.333 e. The fourth-order valence-corrected chi connectivity index (χ4v) is 1.56. The number of para-hydroxylation sites is 1. The highest BCUT2D eigenvalue weighted by Gasteiger charge is 2.19. The smallest absolute Gasteiger partial charge is 0.333 e. The third-order valence-electron chi connectivity index (χ3n) is 2.75. The summed E-state index contributed by atoms with van der Waals surface area (Å²) in [6, 6.07) is 5.01. The van der Waals surface area contributed by atoms with Gasteiger partial charge in [0.1, 0.15) is 5.69 Å². The minimum atomic E-state index is -0.426. The molecule has 0 unspecified atom stereocenters. The van der Waals surface area contributed by atoms with Crippen molar-refractivity contribution < 1.29 is 9.66 Å². The van der Waals surface area contributed by atoms with Gasteiger partial charge in [-0.05, 0) is 25.7 Å². The van der Waals surface area contributed by atoms with Crippen molar-refractivity contribution in [1.82, 2.24) is 4.90 Å². The van der Waals surface area contributed by atoms with E-state index in [1.807, 2.05) is 7.05 Å². The molecule has 0 heterocycles. The third-order valence-corrected chi connectivity index (χ3v) is 2.75. The summed E-state index contributed by atoms with van der Waals surface area (Å²) in [7, 11) is 3.43. The van der Waals surface area contributed by atoms with Gasteiger partial charge in [0.2, 0.25) is 0 Å². The van der Waals surface area contributed by atoms with Crippen molar-refractivity contribution in [3.8, 4) is 5.75 Å². The zero-order valence-corrected chi connectivity index (χ0v) is 11.0. The topological polar surface area (TPSA) is 67.6 Å². The summed E-state index contributed by atoms with van der Waals surface area (Å²) in [5.74, 6) is 0.272. The van der Waals surface area contributed by atoms with Crippen LogP contribution in [-0.4, -0.2) is 43.6 Å². The van der Waals surface area contributed by atoms with Crippen LogP contribution >= 0.6 is 0 Å². The summed E-state index contributed by atoms with van der Waals surface area (Å²) in [5.41, 5.74) is 0.475. The molecule has 0 saturated carbocycles. The molecule has 0 fully saturated rings. The first-order valence-corrected chi connectivity index (χ1v) is 5.84. The number of hydrogen-bond acceptors (Lipinski definition) is 5. The molecular weight excluding hydrogens is 234 g/mol. The molecule has 18 heavy (non-hydrogen) atoms. The van der Waals surface area contributed by atoms with Gasteiger partial charge < -0.3 is 15.0 Å². The van der Waals surface area contributed by atoms with Crippen LogP contribution in [0.2, 0.25) is 0 Å². The Balaban J connectivity index is 2.78. The summed E-state index contributed by atoms with van der Waals surface area (Å²) in [6.07, 6.45) is 0. The van der Waals surface area contributed by atoms with Crippen LogP contribution in [0.5, 0.6) is 5.75 Å². The van der Waals surface area contributed by atoms with E-state index in [-0.39, 0.29) is 11.4 Å². The first-order valence-electron chi connectivity index (χ1n) is 5.84. The molecule has 0 bridgehead atoms. The zero-order chi connectivity index (χ0) is 13.5. The van der Waals surface area contributed by atoms with Crippen LogP contribution in [0.4, 0.5) is 11.4 Å². The molecule has 0 aliphatic heterocycles. The highest BCUT2D eigenvalue weighted by molar-refractivity contribution is 5.68. The molecule has 0 spiro atoms. The van der Waals surface area contributed by atoms with Crippen molar-refractivity contribution in [2.45, 2.75) is 6.92 Å². The lowest BCUT2D eigenvalue weighted by Gasteiger charge is -2.15. The second-order valence-corrected chi connectivity index (χ2v) is 3.94. The normalized spacial score (nSPS) is 10.4. The predicted octanol–water partition coefficient (Wildman–Crippen LogP) is 1.97. The third kappa shape index (κ3) is 3.59. The maximum absolute atomic E-state index is 11.0. The van der Waals surface area contributed by atoms with Crippen molar-refractivity contribution >= 4 is 11.4 Å². The zero-order valence-electron chi connectivity index (χ0n) is 11.0. The Morgan fingerprint density at radius 1 is 1.50 bits per heavy atom. The van der Waals surface area contributed by atoms with Crippen LogP contribution < -0.4 is 10.1 Å². The van der Waals surface area contributed by atoms with Crippen LogP contribution in [0, 0.1) is 10.1 Å². The predicted molar refractivity (Wildman–Crippen MR) is 71.3 cm³/mol. The summed E-state index contributed by atoms with van der Waals surface area (Å²) < 4.78 is 5.00. The lowest BCUT2D eigenvalue weighted by molar-refractivity contribution is -0.384. The van der Waals surface area contributed by atoms with Crippen LogP contribution in [-0.2, 0) is 0 Å². The van der Waals surface area contributed by atoms with Gasteiger partial charge in [-0.3, -0.25) is 10.1 Å². The van der Waals surface area contributed by atoms with E-state index in [2.05, 4.69) is 17.1 Å². The van der Waals surface area contributed by atoms with Crippen LogP contribution in [0.1, 0.15) is 6.92 Å². The second-order valence-electron chi connectivity index (χ2n) is 3.94. The average Bonchev–Trinajstić information content (AvgIpc) is 2.37. The van der Waals surface area contributed by atoms with Gasteiger partial charge in [0.25, 0.3) is 0 Å². The van der Waals surface area contributed by atoms with Crippen molar-refractivity contribution in [3.05, 3.63) is 28.3 Å². The van der Waals surface area contributed by atoms with E-state index in [0.717, 1.165) is 13.1 Å². The van der Waals surface area contributed by atoms with Gasteiger partial charge in [-0.25, -0.2) is 0 Å². The van der Waals surface area contributed by atoms with E-state index in [9.17, 15) is 10.1 Å². The number of nitrogens with one attached hydrogen (secondary N) is 1. The van der Waals surface area contributed by atoms with Crippen LogP contribution in [0.25, 0.3) is 0 Å². The van der Waals surface area contributed by atoms with E-state index in [0.29, 0.717) is 12.2 Å². The largest absolute Gasteiger partial charge is 0.490 e. The van der Waals surface area contributed by atoms with Gasteiger partial charge in [0.15, 0.2) is 5.75 Å². The van der Waals surface area contributed by atoms with Crippen molar-refractivity contribution in [2.75, 3.05) is 39.1 Å². The number of anilines is 1. The molecule has 1 N–H and O–H groups in total. The first kappa shape index (κ1) is 14.2. The molecule has 6 nitrogen and oxygen atoms in total. The fraction of sp³-hybridized carbons (Fsp3) is 0.500. The summed E-state index contributed by atoms with van der Waals surface area (Å²) in [4.78, 5) is 12.7. The van der Waals surface area contributed by atoms with Crippen molar-refractivity contribution in [2.24, 2.45) is 0 Å². The minimum Gasteiger partial charge on any atom is -0.490 e. The molecule has 100 valence electrons. The number of benzene rings is 1. The minimum absolute atomic E-state index is 0.0147. The molecule has 0 aliphatic rings. The lowest BCUT2D eigenvalue weighted by atomic mass is 10.2. The highest BCUT2D eigenvalue weighted by Crippen LogP contribution is 2.34. The van der Waals surface area contributed by atoms with E-state index >= 15 is 0 Å². The number of rotatable bonds is 7. The number of methoxy groups -OCH3 is 1. The van der Waals surface area contributed by atoms with E-state index < -0.39 is 4.92 Å². The molecule has 0 aliphatic carbocycles. The fourth-order valence-electron chi connectivity index (χ4n) is 1.56. The number of ether oxygens (including phenoxy) is 1. The first-order chi connectivity index (χ1) is 8.60. The van der Waals surface area contributed by atoms with E-state index in [1.54, 1.807) is 18.2 Å². The standard InChI is InChI=1S/C12H19N3O3/c1-4-14(2)9-8-13-10-6-5-7-11(18-3)12(10)15(16)17/h5-7,13H,4,8-9H2,1-3H3. The monoisotopic (exact) mass is 253 g/mol. The quantitative estimate of drug-likeness (QED) is 0.594. The summed E-state index contributed by atoms with van der Waals surface area (Å²) >= 11 is 0. The van der Waals surface area contributed by atoms with Crippen molar-refractivity contribution in [1.29, 1.82) is 0 Å².